The third-order valence-electron chi connectivity index (χ3n) is 4.62. The largest absolute Gasteiger partial charge is 0.465 e. The maximum absolute atomic E-state index is 12.0. The third-order valence-corrected chi connectivity index (χ3v) is 4.62. The molecule has 0 bridgehead atoms. The fourth-order valence-corrected chi connectivity index (χ4v) is 3.12. The van der Waals surface area contributed by atoms with Crippen molar-refractivity contribution in [3.63, 3.8) is 0 Å². The first-order valence-corrected chi connectivity index (χ1v) is 8.68. The number of hydrogen-bond acceptors (Lipinski definition) is 6. The zero-order valence-electron chi connectivity index (χ0n) is 14.7. The second-order valence-electron chi connectivity index (χ2n) is 6.59. The number of β-lactam (4-membered cyclic amide) rings is 1. The highest BCUT2D eigenvalue weighted by Crippen LogP contribution is 2.19. The standard InChI is InChI=1S/C17H18N6O5/c24-15-14(19-16(25)28-9-10-4-2-1-3-5-10)13(18-15)8-23-20-11-6-22(17(26)27)7-12(11)21-23/h1-5,13-14H,6-9H2,(H,18,24)(H,19,25)(H,26,27)/t13-,14+/m1/s1. The molecule has 0 saturated carbocycles. The number of benzene rings is 1. The Morgan fingerprint density at radius 2 is 1.89 bits per heavy atom. The number of rotatable bonds is 5. The maximum atomic E-state index is 12.0. The van der Waals surface area contributed by atoms with E-state index in [0.29, 0.717) is 11.4 Å². The van der Waals surface area contributed by atoms with Crippen molar-refractivity contribution in [3.8, 4) is 0 Å². The van der Waals surface area contributed by atoms with Gasteiger partial charge in [0.2, 0.25) is 5.91 Å². The Bertz CT molecular complexity index is 891. The molecule has 0 aliphatic carbocycles. The van der Waals surface area contributed by atoms with E-state index in [9.17, 15) is 14.4 Å². The normalized spacial score (nSPS) is 20.1. The molecule has 11 heteroatoms. The zero-order chi connectivity index (χ0) is 19.7. The summed E-state index contributed by atoms with van der Waals surface area (Å²) in [6.45, 7) is 0.749. The average molecular weight is 386 g/mol. The lowest BCUT2D eigenvalue weighted by Gasteiger charge is -2.36. The number of carbonyl (C=O) groups is 3. The van der Waals surface area contributed by atoms with Crippen molar-refractivity contribution < 1.29 is 24.2 Å². The minimum Gasteiger partial charge on any atom is -0.465 e. The van der Waals surface area contributed by atoms with Crippen LogP contribution in [0.4, 0.5) is 9.59 Å². The number of aromatic nitrogens is 3. The van der Waals surface area contributed by atoms with Gasteiger partial charge in [0.1, 0.15) is 24.0 Å². The van der Waals surface area contributed by atoms with Crippen LogP contribution in [0.1, 0.15) is 17.0 Å². The van der Waals surface area contributed by atoms with Gasteiger partial charge in [-0.1, -0.05) is 30.3 Å². The van der Waals surface area contributed by atoms with Crippen LogP contribution in [0.5, 0.6) is 0 Å². The van der Waals surface area contributed by atoms with Crippen LogP contribution in [0, 0.1) is 0 Å². The van der Waals surface area contributed by atoms with Gasteiger partial charge in [0, 0.05) is 0 Å². The number of ether oxygens (including phenoxy) is 1. The predicted octanol–water partition coefficient (Wildman–Crippen LogP) is 0.0651. The first kappa shape index (κ1) is 17.8. The molecule has 2 aromatic rings. The summed E-state index contributed by atoms with van der Waals surface area (Å²) in [5.74, 6) is -0.307. The molecule has 2 aliphatic heterocycles. The van der Waals surface area contributed by atoms with Crippen LogP contribution in [0.2, 0.25) is 0 Å². The smallest absolute Gasteiger partial charge is 0.408 e. The summed E-state index contributed by atoms with van der Waals surface area (Å²) >= 11 is 0. The van der Waals surface area contributed by atoms with Crippen LogP contribution < -0.4 is 10.6 Å². The number of hydrogen-bond donors (Lipinski definition) is 3. The molecule has 2 aliphatic rings. The van der Waals surface area contributed by atoms with Crippen molar-refractivity contribution in [1.82, 2.24) is 30.5 Å². The van der Waals surface area contributed by atoms with Crippen molar-refractivity contribution in [2.45, 2.75) is 38.3 Å². The van der Waals surface area contributed by atoms with Gasteiger partial charge in [-0.05, 0) is 5.56 Å². The Morgan fingerprint density at radius 1 is 1.21 bits per heavy atom. The van der Waals surface area contributed by atoms with Gasteiger partial charge in [0.15, 0.2) is 0 Å². The van der Waals surface area contributed by atoms with E-state index >= 15 is 0 Å². The van der Waals surface area contributed by atoms with Gasteiger partial charge in [-0.2, -0.15) is 15.0 Å². The predicted molar refractivity (Wildman–Crippen MR) is 92.8 cm³/mol. The molecule has 1 aromatic heterocycles. The van der Waals surface area contributed by atoms with Crippen LogP contribution >= 0.6 is 0 Å². The Labute approximate surface area is 159 Å². The quantitative estimate of drug-likeness (QED) is 0.618. The molecule has 0 unspecified atom stereocenters. The topological polar surface area (TPSA) is 139 Å². The lowest BCUT2D eigenvalue weighted by atomic mass is 9.99. The van der Waals surface area contributed by atoms with Crippen LogP contribution in [0.15, 0.2) is 30.3 Å². The molecule has 0 spiro atoms. The SMILES string of the molecule is O=C(N[C@@H]1C(=O)N[C@@H]1Cn1nc2c(n1)CN(C(=O)O)C2)OCc1ccccc1. The number of nitrogens with zero attached hydrogens (tertiary/aromatic N) is 4. The number of fused-ring (bicyclic) bond motifs is 1. The fourth-order valence-electron chi connectivity index (χ4n) is 3.12. The fraction of sp³-hybridized carbons (Fsp3) is 0.353. The number of carbonyl (C=O) groups excluding carboxylic acids is 2. The summed E-state index contributed by atoms with van der Waals surface area (Å²) in [6.07, 6.45) is -1.70. The Hall–Kier alpha value is -3.63. The lowest BCUT2D eigenvalue weighted by Crippen LogP contribution is -2.70. The minimum absolute atomic E-state index is 0.110. The van der Waals surface area contributed by atoms with Crippen LogP contribution in [-0.4, -0.2) is 55.2 Å². The lowest BCUT2D eigenvalue weighted by molar-refractivity contribution is -0.132. The van der Waals surface area contributed by atoms with Gasteiger partial charge < -0.3 is 20.5 Å². The molecule has 1 saturated heterocycles. The molecule has 3 N–H and O–H groups in total. The second-order valence-corrected chi connectivity index (χ2v) is 6.59. The van der Waals surface area contributed by atoms with E-state index in [1.165, 1.54) is 9.70 Å². The molecule has 3 heterocycles. The van der Waals surface area contributed by atoms with Crippen LogP contribution in [0.25, 0.3) is 0 Å². The maximum Gasteiger partial charge on any atom is 0.408 e. The molecule has 1 aromatic carbocycles. The molecule has 2 atom stereocenters. The zero-order valence-corrected chi connectivity index (χ0v) is 14.7. The number of alkyl carbamates (subject to hydrolysis) is 1. The minimum atomic E-state index is -1.02. The summed E-state index contributed by atoms with van der Waals surface area (Å²) in [5, 5.41) is 22.8. The van der Waals surface area contributed by atoms with E-state index in [-0.39, 0.29) is 38.2 Å². The summed E-state index contributed by atoms with van der Waals surface area (Å²) in [5.41, 5.74) is 2.04. The van der Waals surface area contributed by atoms with E-state index < -0.39 is 18.2 Å². The van der Waals surface area contributed by atoms with Crippen molar-refractivity contribution in [2.75, 3.05) is 0 Å². The monoisotopic (exact) mass is 386 g/mol. The molecule has 146 valence electrons. The first-order valence-electron chi connectivity index (χ1n) is 8.68. The highest BCUT2D eigenvalue weighted by Gasteiger charge is 2.41. The molecule has 11 nitrogen and oxygen atoms in total. The van der Waals surface area contributed by atoms with Crippen molar-refractivity contribution in [3.05, 3.63) is 47.3 Å². The van der Waals surface area contributed by atoms with E-state index in [1.807, 2.05) is 30.3 Å². The molecular formula is C17H18N6O5. The van der Waals surface area contributed by atoms with Crippen LogP contribution in [-0.2, 0) is 35.8 Å². The molecule has 1 fully saturated rings. The van der Waals surface area contributed by atoms with Crippen LogP contribution in [0.3, 0.4) is 0 Å². The highest BCUT2D eigenvalue weighted by atomic mass is 16.5. The number of amides is 3. The Morgan fingerprint density at radius 3 is 2.50 bits per heavy atom. The molecular weight excluding hydrogens is 368 g/mol. The van der Waals surface area contributed by atoms with Crippen molar-refractivity contribution in [2.24, 2.45) is 0 Å². The van der Waals surface area contributed by atoms with E-state index in [2.05, 4.69) is 20.8 Å². The summed E-state index contributed by atoms with van der Waals surface area (Å²) in [6, 6.07) is 8.11. The molecule has 0 radical (unpaired) electrons. The summed E-state index contributed by atoms with van der Waals surface area (Å²) in [4.78, 5) is 37.4. The summed E-state index contributed by atoms with van der Waals surface area (Å²) < 4.78 is 5.14. The Kier molecular flexibility index (Phi) is 4.55. The highest BCUT2D eigenvalue weighted by molar-refractivity contribution is 5.92. The first-order chi connectivity index (χ1) is 13.5. The second kappa shape index (κ2) is 7.18. The van der Waals surface area contributed by atoms with Gasteiger partial charge in [-0.15, -0.1) is 0 Å². The molecule has 3 amide bonds. The average Bonchev–Trinajstić information content (AvgIpc) is 3.24. The number of nitrogens with one attached hydrogen (secondary N) is 2. The van der Waals surface area contributed by atoms with Gasteiger partial charge in [-0.3, -0.25) is 9.69 Å². The van der Waals surface area contributed by atoms with Crippen molar-refractivity contribution >= 4 is 18.1 Å². The summed E-state index contributed by atoms with van der Waals surface area (Å²) in [7, 11) is 0. The van der Waals surface area contributed by atoms with E-state index in [0.717, 1.165) is 5.56 Å². The molecule has 28 heavy (non-hydrogen) atoms. The van der Waals surface area contributed by atoms with E-state index in [4.69, 9.17) is 9.84 Å². The third kappa shape index (κ3) is 3.59. The van der Waals surface area contributed by atoms with Gasteiger partial charge in [0.05, 0.1) is 25.7 Å². The number of carboxylic acid groups (broad SMARTS) is 1. The van der Waals surface area contributed by atoms with Gasteiger partial charge in [0.25, 0.3) is 0 Å². The van der Waals surface area contributed by atoms with E-state index in [1.54, 1.807) is 0 Å². The Balaban J connectivity index is 1.29. The van der Waals surface area contributed by atoms with Crippen molar-refractivity contribution in [1.29, 1.82) is 0 Å². The van der Waals surface area contributed by atoms with Gasteiger partial charge in [-0.25, -0.2) is 9.59 Å². The van der Waals surface area contributed by atoms with Gasteiger partial charge >= 0.3 is 12.2 Å². The molecule has 4 rings (SSSR count).